The van der Waals surface area contributed by atoms with Crippen molar-refractivity contribution in [1.29, 1.82) is 0 Å². The number of amides is 1. The van der Waals surface area contributed by atoms with Crippen LogP contribution in [0.2, 0.25) is 0 Å². The number of hydrogen-bond donors (Lipinski definition) is 1. The molecule has 1 N–H and O–H groups in total. The molecule has 0 aliphatic carbocycles. The summed E-state index contributed by atoms with van der Waals surface area (Å²) in [6.45, 7) is 8.80. The number of aryl methyl sites for hydroxylation is 2. The molecule has 0 radical (unpaired) electrons. The van der Waals surface area contributed by atoms with Crippen molar-refractivity contribution in [3.05, 3.63) is 52.1 Å². The van der Waals surface area contributed by atoms with Crippen LogP contribution >= 0.6 is 0 Å². The van der Waals surface area contributed by atoms with E-state index in [1.807, 2.05) is 52.0 Å². The summed E-state index contributed by atoms with van der Waals surface area (Å²) in [5, 5.41) is 3.01. The minimum absolute atomic E-state index is 0.0247. The van der Waals surface area contributed by atoms with Gasteiger partial charge in [-0.1, -0.05) is 12.1 Å². The van der Waals surface area contributed by atoms with Gasteiger partial charge < -0.3 is 14.8 Å². The van der Waals surface area contributed by atoms with E-state index in [1.54, 1.807) is 14.2 Å². The monoisotopic (exact) mass is 488 g/mol. The predicted octanol–water partition coefficient (Wildman–Crippen LogP) is 3.70. The largest absolute Gasteiger partial charge is 0.497 e. The summed E-state index contributed by atoms with van der Waals surface area (Å²) >= 11 is 0. The molecule has 0 spiro atoms. The van der Waals surface area contributed by atoms with Gasteiger partial charge >= 0.3 is 0 Å². The maximum atomic E-state index is 13.4. The van der Waals surface area contributed by atoms with E-state index in [0.717, 1.165) is 39.3 Å². The van der Waals surface area contributed by atoms with E-state index in [4.69, 9.17) is 9.47 Å². The number of piperidine rings is 1. The van der Waals surface area contributed by atoms with Crippen LogP contribution in [0, 0.1) is 33.6 Å². The van der Waals surface area contributed by atoms with Gasteiger partial charge in [0.15, 0.2) is 0 Å². The molecule has 7 nitrogen and oxygen atoms in total. The highest BCUT2D eigenvalue weighted by Gasteiger charge is 2.34. The van der Waals surface area contributed by atoms with Crippen molar-refractivity contribution in [2.24, 2.45) is 5.92 Å². The molecule has 8 heteroatoms. The van der Waals surface area contributed by atoms with Crippen LogP contribution in [0.3, 0.4) is 0 Å². The van der Waals surface area contributed by atoms with Gasteiger partial charge in [0.05, 0.1) is 19.1 Å². The zero-order valence-corrected chi connectivity index (χ0v) is 21.8. The highest BCUT2D eigenvalue weighted by molar-refractivity contribution is 7.89. The summed E-state index contributed by atoms with van der Waals surface area (Å²) in [6, 6.07) is 7.66. The summed E-state index contributed by atoms with van der Waals surface area (Å²) in [7, 11) is -0.389. The third-order valence-electron chi connectivity index (χ3n) is 6.91. The van der Waals surface area contributed by atoms with E-state index in [9.17, 15) is 13.2 Å². The van der Waals surface area contributed by atoms with E-state index in [2.05, 4.69) is 5.32 Å². The second kappa shape index (κ2) is 10.8. The number of carbonyl (C=O) groups excluding carboxylic acids is 1. The molecule has 1 heterocycles. The Morgan fingerprint density at radius 2 is 1.62 bits per heavy atom. The normalized spacial score (nSPS) is 15.2. The lowest BCUT2D eigenvalue weighted by molar-refractivity contribution is -0.126. The van der Waals surface area contributed by atoms with Crippen LogP contribution in [-0.4, -0.2) is 52.5 Å². The molecule has 3 rings (SSSR count). The number of ether oxygens (including phenoxy) is 2. The van der Waals surface area contributed by atoms with Crippen molar-refractivity contribution in [2.75, 3.05) is 33.9 Å². The molecular formula is C26H36N2O5S. The molecule has 1 aliphatic heterocycles. The van der Waals surface area contributed by atoms with Gasteiger partial charge in [0.2, 0.25) is 15.9 Å². The summed E-state index contributed by atoms with van der Waals surface area (Å²) in [4.78, 5) is 13.2. The Morgan fingerprint density at radius 3 is 2.18 bits per heavy atom. The first-order chi connectivity index (χ1) is 16.1. The van der Waals surface area contributed by atoms with Crippen LogP contribution in [0.25, 0.3) is 0 Å². The first kappa shape index (κ1) is 26.0. The number of carbonyl (C=O) groups is 1. The highest BCUT2D eigenvalue weighted by Crippen LogP contribution is 2.31. The standard InChI is InChI=1S/C26H36N2O5S/c1-17-15-18(2)20(4)25(19(17)3)34(30,31)28-13-10-22(11-14-28)26(29)27-12-9-21-7-8-23(32-5)16-24(21)33-6/h7-8,15-16,22H,9-14H2,1-6H3,(H,27,29). The average Bonchev–Trinajstić information content (AvgIpc) is 2.83. The molecule has 0 bridgehead atoms. The molecule has 1 amide bonds. The van der Waals surface area contributed by atoms with Gasteiger partial charge in [-0.05, 0) is 80.8 Å². The van der Waals surface area contributed by atoms with Gasteiger partial charge in [0.1, 0.15) is 11.5 Å². The Kier molecular flexibility index (Phi) is 8.25. The fourth-order valence-corrected chi connectivity index (χ4v) is 6.62. The fraction of sp³-hybridized carbons (Fsp3) is 0.500. The van der Waals surface area contributed by atoms with Crippen LogP contribution in [0.5, 0.6) is 11.5 Å². The van der Waals surface area contributed by atoms with E-state index < -0.39 is 10.0 Å². The van der Waals surface area contributed by atoms with Crippen molar-refractivity contribution in [3.63, 3.8) is 0 Å². The van der Waals surface area contributed by atoms with Gasteiger partial charge in [-0.15, -0.1) is 0 Å². The van der Waals surface area contributed by atoms with Crippen molar-refractivity contribution in [3.8, 4) is 11.5 Å². The molecule has 0 saturated carbocycles. The van der Waals surface area contributed by atoms with Crippen LogP contribution in [-0.2, 0) is 21.2 Å². The lowest BCUT2D eigenvalue weighted by Crippen LogP contribution is -2.43. The van der Waals surface area contributed by atoms with E-state index >= 15 is 0 Å². The van der Waals surface area contributed by atoms with Crippen LogP contribution in [0.1, 0.15) is 40.7 Å². The number of benzene rings is 2. The van der Waals surface area contributed by atoms with Crippen LogP contribution in [0.15, 0.2) is 29.2 Å². The molecule has 0 unspecified atom stereocenters. The summed E-state index contributed by atoms with van der Waals surface area (Å²) in [5.41, 5.74) is 4.55. The van der Waals surface area contributed by atoms with Crippen LogP contribution in [0.4, 0.5) is 0 Å². The zero-order chi connectivity index (χ0) is 25.0. The Morgan fingerprint density at radius 1 is 1.00 bits per heavy atom. The minimum atomic E-state index is -3.61. The Labute approximate surface area is 203 Å². The molecular weight excluding hydrogens is 452 g/mol. The number of nitrogens with one attached hydrogen (secondary N) is 1. The minimum Gasteiger partial charge on any atom is -0.497 e. The van der Waals surface area contributed by atoms with Gasteiger partial charge in [-0.3, -0.25) is 4.79 Å². The van der Waals surface area contributed by atoms with Crippen LogP contribution < -0.4 is 14.8 Å². The molecule has 1 saturated heterocycles. The SMILES string of the molecule is COc1ccc(CCNC(=O)C2CCN(S(=O)(=O)c3c(C)c(C)cc(C)c3C)CC2)c(OC)c1. The van der Waals surface area contributed by atoms with Gasteiger partial charge in [-0.2, -0.15) is 4.31 Å². The molecule has 186 valence electrons. The van der Waals surface area contributed by atoms with E-state index in [1.165, 1.54) is 4.31 Å². The second-order valence-electron chi connectivity index (χ2n) is 8.99. The lowest BCUT2D eigenvalue weighted by Gasteiger charge is -2.32. The molecule has 0 aromatic heterocycles. The zero-order valence-electron chi connectivity index (χ0n) is 21.0. The maximum Gasteiger partial charge on any atom is 0.243 e. The quantitative estimate of drug-likeness (QED) is 0.613. The second-order valence-corrected chi connectivity index (χ2v) is 10.9. The third-order valence-corrected chi connectivity index (χ3v) is 9.08. The Bertz CT molecular complexity index is 1130. The van der Waals surface area contributed by atoms with Crippen molar-refractivity contribution < 1.29 is 22.7 Å². The molecule has 0 atom stereocenters. The Hall–Kier alpha value is -2.58. The molecule has 34 heavy (non-hydrogen) atoms. The maximum absolute atomic E-state index is 13.4. The van der Waals surface area contributed by atoms with Gasteiger partial charge in [0, 0.05) is 31.6 Å². The van der Waals surface area contributed by atoms with E-state index in [0.29, 0.717) is 43.8 Å². The third kappa shape index (κ3) is 5.39. The molecule has 2 aromatic rings. The van der Waals surface area contributed by atoms with Gasteiger partial charge in [0.25, 0.3) is 0 Å². The van der Waals surface area contributed by atoms with Crippen molar-refractivity contribution in [1.82, 2.24) is 9.62 Å². The Balaban J connectivity index is 1.58. The summed E-state index contributed by atoms with van der Waals surface area (Å²) in [5.74, 6) is 1.23. The first-order valence-corrected chi connectivity index (χ1v) is 13.1. The smallest absolute Gasteiger partial charge is 0.243 e. The number of sulfonamides is 1. The lowest BCUT2D eigenvalue weighted by atomic mass is 9.97. The number of methoxy groups -OCH3 is 2. The number of nitrogens with zero attached hydrogens (tertiary/aromatic N) is 1. The molecule has 2 aromatic carbocycles. The molecule has 1 fully saturated rings. The summed E-state index contributed by atoms with van der Waals surface area (Å²) in [6.07, 6.45) is 1.66. The molecule has 1 aliphatic rings. The summed E-state index contributed by atoms with van der Waals surface area (Å²) < 4.78 is 39.1. The first-order valence-electron chi connectivity index (χ1n) is 11.7. The average molecular weight is 489 g/mol. The van der Waals surface area contributed by atoms with Gasteiger partial charge in [-0.25, -0.2) is 8.42 Å². The van der Waals surface area contributed by atoms with Crippen molar-refractivity contribution in [2.45, 2.75) is 51.9 Å². The van der Waals surface area contributed by atoms with Crippen molar-refractivity contribution >= 4 is 15.9 Å². The predicted molar refractivity (Wildman–Crippen MR) is 133 cm³/mol. The number of rotatable bonds is 8. The van der Waals surface area contributed by atoms with E-state index in [-0.39, 0.29) is 11.8 Å². The number of hydrogen-bond acceptors (Lipinski definition) is 5. The highest BCUT2D eigenvalue weighted by atomic mass is 32.2. The fourth-order valence-electron chi connectivity index (χ4n) is 4.58. The topological polar surface area (TPSA) is 84.9 Å².